The summed E-state index contributed by atoms with van der Waals surface area (Å²) in [4.78, 5) is 24.9. The van der Waals surface area contributed by atoms with Gasteiger partial charge in [0.15, 0.2) is 0 Å². The first-order valence-corrected chi connectivity index (χ1v) is 9.42. The van der Waals surface area contributed by atoms with Crippen molar-refractivity contribution >= 4 is 11.9 Å². The van der Waals surface area contributed by atoms with Crippen molar-refractivity contribution in [3.05, 3.63) is 35.4 Å². The van der Waals surface area contributed by atoms with Crippen LogP contribution in [0.25, 0.3) is 0 Å². The lowest BCUT2D eigenvalue weighted by molar-refractivity contribution is -0.139. The van der Waals surface area contributed by atoms with Crippen molar-refractivity contribution in [3.63, 3.8) is 0 Å². The number of carbonyl (C=O) groups is 2. The molecular weight excluding hydrogens is 392 g/mol. The molecule has 2 aromatic carbocycles. The third-order valence-corrected chi connectivity index (χ3v) is 5.51. The van der Waals surface area contributed by atoms with Gasteiger partial charge >= 0.3 is 11.9 Å². The van der Waals surface area contributed by atoms with Crippen LogP contribution in [0.1, 0.15) is 35.8 Å². The Morgan fingerprint density at radius 3 is 1.40 bits per heavy atom. The average molecular weight is 414 g/mol. The third-order valence-electron chi connectivity index (χ3n) is 5.51. The Bertz CT molecular complexity index is 931. The maximum atomic E-state index is 12.5. The number of ether oxygens (including phenoxy) is 6. The van der Waals surface area contributed by atoms with E-state index in [1.807, 2.05) is 0 Å². The van der Waals surface area contributed by atoms with Gasteiger partial charge < -0.3 is 28.4 Å². The number of benzene rings is 2. The van der Waals surface area contributed by atoms with Gasteiger partial charge in [0, 0.05) is 47.2 Å². The highest BCUT2D eigenvalue weighted by Crippen LogP contribution is 2.55. The topological polar surface area (TPSA) is 89.5 Å². The Hall–Kier alpha value is -3.42. The van der Waals surface area contributed by atoms with Crippen molar-refractivity contribution in [2.24, 2.45) is 0 Å². The first-order valence-electron chi connectivity index (χ1n) is 9.42. The minimum Gasteiger partial charge on any atom is -0.496 e. The Morgan fingerprint density at radius 1 is 0.667 bits per heavy atom. The highest BCUT2D eigenvalue weighted by molar-refractivity contribution is 5.82. The fraction of sp³-hybridized carbons (Fsp3) is 0.364. The molecule has 2 aromatic rings. The van der Waals surface area contributed by atoms with Crippen LogP contribution in [-0.4, -0.2) is 40.4 Å². The van der Waals surface area contributed by atoms with Crippen molar-refractivity contribution in [3.8, 4) is 34.5 Å². The Labute approximate surface area is 173 Å². The molecular formula is C22H22O8. The van der Waals surface area contributed by atoms with Crippen molar-refractivity contribution in [2.75, 3.05) is 28.4 Å². The molecule has 0 amide bonds. The standard InChI is InChI=1S/C22H22O8/c1-25-11-5-15(27-3)21-13(9-19(23)29-17(21)7-11)14-10-20(24)30-18-8-12(26-2)6-16(28-4)22(14)18/h5-8,13-14H,9-10H2,1-4H3. The molecule has 8 nitrogen and oxygen atoms in total. The minimum atomic E-state index is -0.393. The van der Waals surface area contributed by atoms with E-state index in [9.17, 15) is 9.59 Å². The van der Waals surface area contributed by atoms with E-state index in [1.165, 1.54) is 28.4 Å². The number of hydrogen-bond acceptors (Lipinski definition) is 8. The van der Waals surface area contributed by atoms with Crippen LogP contribution < -0.4 is 28.4 Å². The molecule has 30 heavy (non-hydrogen) atoms. The predicted octanol–water partition coefficient (Wildman–Crippen LogP) is 3.21. The fourth-order valence-corrected chi connectivity index (χ4v) is 4.21. The summed E-state index contributed by atoms with van der Waals surface area (Å²) in [6.07, 6.45) is 0.171. The predicted molar refractivity (Wildman–Crippen MR) is 105 cm³/mol. The summed E-state index contributed by atoms with van der Waals surface area (Å²) < 4.78 is 32.7. The monoisotopic (exact) mass is 414 g/mol. The molecule has 0 saturated carbocycles. The summed E-state index contributed by atoms with van der Waals surface area (Å²) >= 11 is 0. The maximum Gasteiger partial charge on any atom is 0.311 e. The second-order valence-corrected chi connectivity index (χ2v) is 7.05. The van der Waals surface area contributed by atoms with E-state index in [-0.39, 0.29) is 24.7 Å². The molecule has 0 saturated heterocycles. The van der Waals surface area contributed by atoms with Crippen molar-refractivity contribution in [1.29, 1.82) is 0 Å². The van der Waals surface area contributed by atoms with Gasteiger partial charge in [-0.2, -0.15) is 0 Å². The van der Waals surface area contributed by atoms with Crippen molar-refractivity contribution in [2.45, 2.75) is 24.7 Å². The van der Waals surface area contributed by atoms with Crippen LogP contribution in [0.5, 0.6) is 34.5 Å². The Kier molecular flexibility index (Phi) is 5.15. The first kappa shape index (κ1) is 19.9. The Morgan fingerprint density at radius 2 is 1.07 bits per heavy atom. The van der Waals surface area contributed by atoms with Gasteiger partial charge in [0.2, 0.25) is 0 Å². The summed E-state index contributed by atoms with van der Waals surface area (Å²) in [5.74, 6) is 1.23. The van der Waals surface area contributed by atoms with Gasteiger partial charge in [0.1, 0.15) is 34.5 Å². The zero-order valence-electron chi connectivity index (χ0n) is 17.1. The summed E-state index contributed by atoms with van der Waals surface area (Å²) in [6.45, 7) is 0. The van der Waals surface area contributed by atoms with E-state index in [2.05, 4.69) is 0 Å². The number of esters is 2. The lowest BCUT2D eigenvalue weighted by Gasteiger charge is -2.35. The van der Waals surface area contributed by atoms with Crippen molar-refractivity contribution in [1.82, 2.24) is 0 Å². The third kappa shape index (κ3) is 3.28. The molecule has 2 unspecified atom stereocenters. The number of fused-ring (bicyclic) bond motifs is 2. The van der Waals surface area contributed by atoms with Crippen LogP contribution in [0.4, 0.5) is 0 Å². The van der Waals surface area contributed by atoms with E-state index in [0.717, 1.165) is 0 Å². The summed E-state index contributed by atoms with van der Waals surface area (Å²) in [7, 11) is 6.12. The summed E-state index contributed by atoms with van der Waals surface area (Å²) in [6, 6.07) is 6.76. The molecule has 0 fully saturated rings. The molecule has 0 radical (unpaired) electrons. The maximum absolute atomic E-state index is 12.5. The van der Waals surface area contributed by atoms with Crippen LogP contribution in [0.2, 0.25) is 0 Å². The summed E-state index contributed by atoms with van der Waals surface area (Å²) in [5, 5.41) is 0. The Balaban J connectivity index is 1.91. The zero-order valence-corrected chi connectivity index (χ0v) is 17.1. The van der Waals surface area contributed by atoms with Gasteiger partial charge in [0.25, 0.3) is 0 Å². The largest absolute Gasteiger partial charge is 0.496 e. The fourth-order valence-electron chi connectivity index (χ4n) is 4.21. The molecule has 2 atom stereocenters. The molecule has 158 valence electrons. The number of hydrogen-bond donors (Lipinski definition) is 0. The molecule has 0 bridgehead atoms. The van der Waals surface area contributed by atoms with Gasteiger partial charge in [-0.3, -0.25) is 9.59 Å². The van der Waals surface area contributed by atoms with Gasteiger partial charge in [-0.1, -0.05) is 0 Å². The SMILES string of the molecule is COc1cc(OC)c2c(c1)OC(=O)CC2C1CC(=O)Oc2cc(OC)cc(OC)c21. The molecule has 2 aliphatic rings. The number of rotatable bonds is 5. The minimum absolute atomic E-state index is 0.0856. The highest BCUT2D eigenvalue weighted by atomic mass is 16.5. The molecule has 0 spiro atoms. The average Bonchev–Trinajstić information content (AvgIpc) is 2.75. The van der Waals surface area contributed by atoms with Crippen molar-refractivity contribution < 1.29 is 38.0 Å². The van der Waals surface area contributed by atoms with E-state index in [1.54, 1.807) is 24.3 Å². The lowest BCUT2D eigenvalue weighted by atomic mass is 9.74. The molecule has 2 heterocycles. The van der Waals surface area contributed by atoms with Crippen LogP contribution >= 0.6 is 0 Å². The molecule has 0 N–H and O–H groups in total. The van der Waals surface area contributed by atoms with E-state index in [4.69, 9.17) is 28.4 Å². The van der Waals surface area contributed by atoms with Crippen LogP contribution in [-0.2, 0) is 9.59 Å². The molecule has 2 aliphatic heterocycles. The zero-order chi connectivity index (χ0) is 21.4. The van der Waals surface area contributed by atoms with Gasteiger partial charge in [-0.25, -0.2) is 0 Å². The molecule has 0 aliphatic carbocycles. The molecule has 4 rings (SSSR count). The second-order valence-electron chi connectivity index (χ2n) is 7.05. The summed E-state index contributed by atoms with van der Waals surface area (Å²) in [5.41, 5.74) is 1.42. The number of methoxy groups -OCH3 is 4. The lowest BCUT2D eigenvalue weighted by Crippen LogP contribution is -2.30. The van der Waals surface area contributed by atoms with Gasteiger partial charge in [0.05, 0.1) is 41.3 Å². The normalized spacial score (nSPS) is 19.7. The van der Waals surface area contributed by atoms with Gasteiger partial charge in [-0.05, 0) is 0 Å². The molecule has 8 heteroatoms. The van der Waals surface area contributed by atoms with Crippen LogP contribution in [0.15, 0.2) is 24.3 Å². The van der Waals surface area contributed by atoms with Gasteiger partial charge in [-0.15, -0.1) is 0 Å². The van der Waals surface area contributed by atoms with E-state index in [0.29, 0.717) is 45.6 Å². The quantitative estimate of drug-likeness (QED) is 0.544. The highest BCUT2D eigenvalue weighted by Gasteiger charge is 2.42. The first-order chi connectivity index (χ1) is 14.5. The second kappa shape index (κ2) is 7.78. The van der Waals surface area contributed by atoms with E-state index >= 15 is 0 Å². The smallest absolute Gasteiger partial charge is 0.311 e. The number of carbonyl (C=O) groups excluding carboxylic acids is 2. The van der Waals surface area contributed by atoms with Crippen LogP contribution in [0.3, 0.4) is 0 Å². The van der Waals surface area contributed by atoms with Crippen LogP contribution in [0, 0.1) is 0 Å². The molecule has 0 aromatic heterocycles. The van der Waals surface area contributed by atoms with E-state index < -0.39 is 11.9 Å².